The topological polar surface area (TPSA) is 62.2 Å². The Morgan fingerprint density at radius 3 is 3.00 bits per heavy atom. The van der Waals surface area contributed by atoms with Crippen molar-refractivity contribution in [1.29, 1.82) is 0 Å². The maximum absolute atomic E-state index is 6.13. The van der Waals surface area contributed by atoms with E-state index in [2.05, 4.69) is 24.4 Å². The molecule has 1 aromatic heterocycles. The zero-order valence-electron chi connectivity index (χ0n) is 8.57. The van der Waals surface area contributed by atoms with Crippen molar-refractivity contribution in [3.8, 4) is 0 Å². The van der Waals surface area contributed by atoms with Gasteiger partial charge in [0, 0.05) is 6.54 Å². The zero-order chi connectivity index (χ0) is 11.0. The van der Waals surface area contributed by atoms with Crippen LogP contribution >= 0.6 is 23.3 Å². The van der Waals surface area contributed by atoms with Crippen molar-refractivity contribution in [2.24, 2.45) is 4.99 Å². The Labute approximate surface area is 113 Å². The number of aliphatic imine (C=N–C) groups is 1. The molecular formula is C9H8Cl2N5S-. The van der Waals surface area contributed by atoms with Gasteiger partial charge in [-0.1, -0.05) is 11.6 Å². The molecule has 2 N–H and O–H groups in total. The normalized spacial score (nSPS) is 14.1. The maximum Gasteiger partial charge on any atom is 0.196 e. The van der Waals surface area contributed by atoms with Crippen molar-refractivity contribution in [1.82, 2.24) is 14.1 Å². The van der Waals surface area contributed by atoms with Crippen molar-refractivity contribution in [3.63, 3.8) is 0 Å². The number of benzene rings is 1. The summed E-state index contributed by atoms with van der Waals surface area (Å²) in [4.78, 5) is 4.25. The summed E-state index contributed by atoms with van der Waals surface area (Å²) in [5.74, 6) is 0.738. The average molecular weight is 289 g/mol. The standard InChI is InChI=1S/C9H8ClN5S.ClH/c10-5-1-2-6-8(15-16-14-6)7(5)13-9-11-3-4-12-9;/h1-2H,3-4H2,(H2,11,12,13);1H/p-1. The molecule has 8 heteroatoms. The van der Waals surface area contributed by atoms with Crippen LogP contribution in [0.3, 0.4) is 0 Å². The summed E-state index contributed by atoms with van der Waals surface area (Å²) < 4.78 is 8.39. The van der Waals surface area contributed by atoms with E-state index < -0.39 is 0 Å². The van der Waals surface area contributed by atoms with Gasteiger partial charge in [-0.05, 0) is 12.1 Å². The van der Waals surface area contributed by atoms with E-state index in [1.165, 1.54) is 11.7 Å². The number of guanidine groups is 1. The average Bonchev–Trinajstić information content (AvgIpc) is 2.92. The van der Waals surface area contributed by atoms with Gasteiger partial charge < -0.3 is 23.0 Å². The smallest absolute Gasteiger partial charge is 0.196 e. The Morgan fingerprint density at radius 1 is 1.35 bits per heavy atom. The lowest BCUT2D eigenvalue weighted by molar-refractivity contribution is -0.00000326. The summed E-state index contributed by atoms with van der Waals surface area (Å²) in [7, 11) is 0. The Morgan fingerprint density at radius 2 is 2.24 bits per heavy atom. The first-order valence-corrected chi connectivity index (χ1v) is 5.91. The summed E-state index contributed by atoms with van der Waals surface area (Å²) in [5, 5.41) is 6.90. The maximum atomic E-state index is 6.13. The molecule has 2 aromatic rings. The molecule has 1 aliphatic heterocycles. The van der Waals surface area contributed by atoms with E-state index in [9.17, 15) is 0 Å². The molecule has 1 aromatic carbocycles. The fourth-order valence-corrected chi connectivity index (χ4v) is 2.29. The van der Waals surface area contributed by atoms with Gasteiger partial charge in [-0.2, -0.15) is 8.75 Å². The summed E-state index contributed by atoms with van der Waals surface area (Å²) in [6.07, 6.45) is 0. The molecule has 1 aliphatic rings. The van der Waals surface area contributed by atoms with Gasteiger partial charge in [-0.25, -0.2) is 0 Å². The van der Waals surface area contributed by atoms with Gasteiger partial charge in [-0.15, -0.1) is 0 Å². The molecule has 0 radical (unpaired) electrons. The Hall–Kier alpha value is -1.11. The van der Waals surface area contributed by atoms with Crippen molar-refractivity contribution in [3.05, 3.63) is 17.2 Å². The van der Waals surface area contributed by atoms with Crippen LogP contribution in [-0.4, -0.2) is 27.8 Å². The third-order valence-electron chi connectivity index (χ3n) is 2.29. The van der Waals surface area contributed by atoms with Crippen LogP contribution in [0.4, 0.5) is 5.69 Å². The van der Waals surface area contributed by atoms with Crippen LogP contribution in [0, 0.1) is 0 Å². The molecule has 0 saturated carbocycles. The second kappa shape index (κ2) is 5.03. The van der Waals surface area contributed by atoms with Crippen LogP contribution in [-0.2, 0) is 0 Å². The van der Waals surface area contributed by atoms with Crippen LogP contribution in [0.2, 0.25) is 5.02 Å². The van der Waals surface area contributed by atoms with E-state index in [-0.39, 0.29) is 12.4 Å². The van der Waals surface area contributed by atoms with E-state index >= 15 is 0 Å². The monoisotopic (exact) mass is 288 g/mol. The summed E-state index contributed by atoms with van der Waals surface area (Å²) in [5.41, 5.74) is 2.39. The second-order valence-electron chi connectivity index (χ2n) is 3.34. The molecule has 0 saturated heterocycles. The highest BCUT2D eigenvalue weighted by molar-refractivity contribution is 7.00. The number of anilines is 1. The molecule has 3 rings (SSSR count). The van der Waals surface area contributed by atoms with Crippen LogP contribution in [0.15, 0.2) is 17.1 Å². The Kier molecular flexibility index (Phi) is 3.66. The Bertz CT molecular complexity index is 568. The minimum Gasteiger partial charge on any atom is -1.00 e. The third-order valence-corrected chi connectivity index (χ3v) is 3.15. The number of nitrogens with zero attached hydrogens (tertiary/aromatic N) is 3. The molecule has 0 fully saturated rings. The first kappa shape index (κ1) is 12.3. The third kappa shape index (κ3) is 2.29. The van der Waals surface area contributed by atoms with Gasteiger partial charge in [0.1, 0.15) is 11.0 Å². The van der Waals surface area contributed by atoms with Crippen molar-refractivity contribution >= 4 is 46.0 Å². The van der Waals surface area contributed by atoms with E-state index in [0.29, 0.717) is 5.02 Å². The van der Waals surface area contributed by atoms with Crippen molar-refractivity contribution in [2.45, 2.75) is 0 Å². The van der Waals surface area contributed by atoms with Gasteiger partial charge in [0.2, 0.25) is 0 Å². The SMILES string of the molecule is Clc1ccc2nsnc2c1NC1=NCCN1.[Cl-]. The molecule has 0 bridgehead atoms. The molecule has 0 unspecified atom stereocenters. The summed E-state index contributed by atoms with van der Waals surface area (Å²) in [6.45, 7) is 1.64. The fourth-order valence-electron chi connectivity index (χ4n) is 1.55. The summed E-state index contributed by atoms with van der Waals surface area (Å²) >= 11 is 7.30. The molecule has 2 heterocycles. The Balaban J connectivity index is 0.00000108. The number of rotatable bonds is 1. The van der Waals surface area contributed by atoms with Crippen molar-refractivity contribution in [2.75, 3.05) is 18.4 Å². The minimum atomic E-state index is 0. The van der Waals surface area contributed by atoms with Gasteiger partial charge in [-0.3, -0.25) is 4.99 Å². The molecular weight excluding hydrogens is 281 g/mol. The number of hydrogen-bond acceptors (Lipinski definition) is 6. The molecule has 5 nitrogen and oxygen atoms in total. The first-order chi connectivity index (χ1) is 7.84. The number of nitrogens with one attached hydrogen (secondary N) is 2. The number of aromatic nitrogens is 2. The van der Waals surface area contributed by atoms with E-state index in [1.54, 1.807) is 0 Å². The lowest BCUT2D eigenvalue weighted by atomic mass is 10.2. The molecule has 90 valence electrons. The predicted molar refractivity (Wildman–Crippen MR) is 66.4 cm³/mol. The number of halogens is 2. The highest BCUT2D eigenvalue weighted by Gasteiger charge is 2.13. The van der Waals surface area contributed by atoms with Gasteiger partial charge >= 0.3 is 0 Å². The predicted octanol–water partition coefficient (Wildman–Crippen LogP) is -1.28. The number of fused-ring (bicyclic) bond motifs is 1. The lowest BCUT2D eigenvalue weighted by Gasteiger charge is -2.08. The molecule has 0 amide bonds. The summed E-state index contributed by atoms with van der Waals surface area (Å²) in [6, 6.07) is 3.67. The van der Waals surface area contributed by atoms with Crippen LogP contribution in [0.5, 0.6) is 0 Å². The highest BCUT2D eigenvalue weighted by Crippen LogP contribution is 2.29. The lowest BCUT2D eigenvalue weighted by Crippen LogP contribution is -3.00. The molecule has 0 spiro atoms. The zero-order valence-corrected chi connectivity index (χ0v) is 10.9. The molecule has 0 aliphatic carbocycles. The van der Waals surface area contributed by atoms with Gasteiger partial charge in [0.05, 0.1) is 29.0 Å². The van der Waals surface area contributed by atoms with Gasteiger partial charge in [0.15, 0.2) is 5.96 Å². The van der Waals surface area contributed by atoms with E-state index in [0.717, 1.165) is 35.8 Å². The molecule has 0 atom stereocenters. The highest BCUT2D eigenvalue weighted by atomic mass is 35.5. The second-order valence-corrected chi connectivity index (χ2v) is 4.27. The number of hydrogen-bond donors (Lipinski definition) is 2. The van der Waals surface area contributed by atoms with E-state index in [4.69, 9.17) is 11.6 Å². The van der Waals surface area contributed by atoms with Crippen LogP contribution in [0.1, 0.15) is 0 Å². The molecule has 17 heavy (non-hydrogen) atoms. The largest absolute Gasteiger partial charge is 1.00 e. The van der Waals surface area contributed by atoms with Gasteiger partial charge in [0.25, 0.3) is 0 Å². The fraction of sp³-hybridized carbons (Fsp3) is 0.222. The quantitative estimate of drug-likeness (QED) is 0.686. The van der Waals surface area contributed by atoms with E-state index in [1.807, 2.05) is 12.1 Å². The van der Waals surface area contributed by atoms with Crippen LogP contribution < -0.4 is 23.0 Å². The minimum absolute atomic E-state index is 0. The van der Waals surface area contributed by atoms with Crippen molar-refractivity contribution < 1.29 is 12.4 Å². The first-order valence-electron chi connectivity index (χ1n) is 4.81. The van der Waals surface area contributed by atoms with Crippen LogP contribution in [0.25, 0.3) is 11.0 Å².